The second-order valence-electron chi connectivity index (χ2n) is 23.6. The molecule has 8 fully saturated rings. The number of nitrogens with zero attached hydrogens (tertiary/aromatic N) is 7. The Kier molecular flexibility index (Phi) is 14.4. The Bertz CT molecular complexity index is 2750. The lowest BCUT2D eigenvalue weighted by molar-refractivity contribution is -0.157. The summed E-state index contributed by atoms with van der Waals surface area (Å²) in [6.07, 6.45) is 11.1. The molecule has 10 heterocycles. The first-order chi connectivity index (χ1) is 36.3. The number of rotatable bonds is 12. The van der Waals surface area contributed by atoms with Crippen LogP contribution in [0.1, 0.15) is 120 Å². The molecule has 2 saturated carbocycles. The number of likely N-dealkylation sites (tertiary alicyclic amines) is 1. The molecule has 1 aromatic carbocycles. The molecule has 5 atom stereocenters. The van der Waals surface area contributed by atoms with Crippen LogP contribution in [0.3, 0.4) is 0 Å². The van der Waals surface area contributed by atoms with Crippen LogP contribution in [0.25, 0.3) is 33.4 Å². The van der Waals surface area contributed by atoms with Crippen molar-refractivity contribution < 1.29 is 38.1 Å². The van der Waals surface area contributed by atoms with Gasteiger partial charge in [-0.3, -0.25) is 34.2 Å². The van der Waals surface area contributed by atoms with Crippen molar-refractivity contribution in [2.45, 2.75) is 153 Å². The van der Waals surface area contributed by atoms with Crippen molar-refractivity contribution in [2.24, 2.45) is 11.3 Å². The number of piperazine rings is 1. The molecule has 13 rings (SSSR count). The van der Waals surface area contributed by atoms with Gasteiger partial charge in [-0.05, 0) is 127 Å². The SMILES string of the molecule is CO[C@@H](C)c1ncc(N2CCN(C3CC3)CC2)cc1-c1c2c3cc(ccc3n1CCOC1CCOCC1)-c1csc(n1)[C@@H](N1CCCC1)[C@H](NC(=O)C13CC(C1)C(C)O3)C(=O)N1CCC[C@H](N1)C(=O)OCC(C)(C)C2. The van der Waals surface area contributed by atoms with E-state index >= 15 is 4.79 Å². The summed E-state index contributed by atoms with van der Waals surface area (Å²) in [6, 6.07) is 7.45. The second-order valence-corrected chi connectivity index (χ2v) is 24.5. The number of hydrogen-bond acceptors (Lipinski definition) is 15. The van der Waals surface area contributed by atoms with Gasteiger partial charge in [0.25, 0.3) is 11.8 Å². The zero-order valence-corrected chi connectivity index (χ0v) is 45.5. The van der Waals surface area contributed by atoms with E-state index in [1.165, 1.54) is 24.2 Å². The van der Waals surface area contributed by atoms with Gasteiger partial charge in [0.15, 0.2) is 0 Å². The van der Waals surface area contributed by atoms with Gasteiger partial charge in [0, 0.05) is 98.5 Å². The lowest BCUT2D eigenvalue weighted by atomic mass is 9.72. The summed E-state index contributed by atoms with van der Waals surface area (Å²) in [5.41, 5.74) is 9.79. The first kappa shape index (κ1) is 51.2. The number of methoxy groups -OCH3 is 1. The van der Waals surface area contributed by atoms with Crippen molar-refractivity contribution in [1.29, 1.82) is 0 Å². The summed E-state index contributed by atoms with van der Waals surface area (Å²) in [6.45, 7) is 16.9. The van der Waals surface area contributed by atoms with Gasteiger partial charge in [-0.15, -0.1) is 11.3 Å². The van der Waals surface area contributed by atoms with E-state index in [0.29, 0.717) is 70.9 Å². The number of cyclic esters (lactones) is 1. The quantitative estimate of drug-likeness (QED) is 0.142. The van der Waals surface area contributed by atoms with E-state index in [-0.39, 0.29) is 36.7 Å². The fourth-order valence-corrected chi connectivity index (χ4v) is 14.2. The van der Waals surface area contributed by atoms with Crippen LogP contribution in [0.15, 0.2) is 35.8 Å². The van der Waals surface area contributed by atoms with Crippen molar-refractivity contribution in [3.8, 4) is 22.5 Å². The molecule has 2 N–H and O–H groups in total. The molecule has 4 aromatic rings. The number of hydrazine groups is 1. The number of pyridine rings is 1. The van der Waals surface area contributed by atoms with Crippen LogP contribution in [0.4, 0.5) is 5.69 Å². The van der Waals surface area contributed by atoms with Gasteiger partial charge in [-0.2, -0.15) is 0 Å². The van der Waals surface area contributed by atoms with Gasteiger partial charge in [0.1, 0.15) is 22.7 Å². The number of benzene rings is 1. The molecule has 404 valence electrons. The van der Waals surface area contributed by atoms with Crippen LogP contribution in [-0.4, -0.2) is 162 Å². The molecule has 9 aliphatic rings. The summed E-state index contributed by atoms with van der Waals surface area (Å²) in [5.74, 6) is -0.617. The Hall–Kier alpha value is -4.53. The highest BCUT2D eigenvalue weighted by Crippen LogP contribution is 2.53. The van der Waals surface area contributed by atoms with Crippen LogP contribution < -0.4 is 15.6 Å². The first-order valence-corrected chi connectivity index (χ1v) is 29.0. The maximum absolute atomic E-state index is 15.2. The standard InChI is InChI=1S/C57H77N9O8S/c1-35-38-29-57(30-38,74-35)55(69)60-49-51(64-16-6-7-17-64)52-59-46(33-75-52)37-10-13-47-42(27-37)44(31-56(3,4)34-73-54(68)45-9-8-18-66(61-45)53(49)67)50(65(47)23-26-72-41-14-24-71-25-15-41)43-28-40(32-58-48(43)36(2)70-5)63-21-19-62(20-22-63)39-11-12-39/h10,13,27-28,32-33,35-36,38-39,41,45,49,51,61H,6-9,11-12,14-26,29-31,34H2,1-5H3,(H,60,69)/t35?,36-,38?,45-,49-,51-,57?/m0/s1. The van der Waals surface area contributed by atoms with E-state index in [1.807, 2.05) is 13.1 Å². The zero-order valence-electron chi connectivity index (χ0n) is 44.7. The number of thiazole rings is 1. The Balaban J connectivity index is 0.999. The Morgan fingerprint density at radius 2 is 1.76 bits per heavy atom. The molecule has 18 heteroatoms. The average Bonchev–Trinajstić information content (AvgIpc) is 3.83. The molecule has 75 heavy (non-hydrogen) atoms. The van der Waals surface area contributed by atoms with Crippen molar-refractivity contribution in [2.75, 3.05) is 84.3 Å². The smallest absolute Gasteiger partial charge is 0.324 e. The number of carbonyl (C=O) groups is 3. The van der Waals surface area contributed by atoms with E-state index in [4.69, 9.17) is 33.7 Å². The number of amides is 2. The molecule has 2 aliphatic carbocycles. The van der Waals surface area contributed by atoms with Gasteiger partial charge in [-0.1, -0.05) is 19.9 Å². The molecular weight excluding hydrogens is 971 g/mol. The van der Waals surface area contributed by atoms with Gasteiger partial charge >= 0.3 is 5.97 Å². The maximum atomic E-state index is 15.2. The normalized spacial score (nSPS) is 29.3. The van der Waals surface area contributed by atoms with Crippen LogP contribution in [0.2, 0.25) is 0 Å². The summed E-state index contributed by atoms with van der Waals surface area (Å²) in [4.78, 5) is 62.3. The molecule has 8 bridgehead atoms. The third-order valence-electron chi connectivity index (χ3n) is 17.8. The van der Waals surface area contributed by atoms with Gasteiger partial charge in [0.05, 0.1) is 66.5 Å². The fraction of sp³-hybridized carbons (Fsp3) is 0.667. The van der Waals surface area contributed by atoms with Crippen molar-refractivity contribution in [3.63, 3.8) is 0 Å². The van der Waals surface area contributed by atoms with Gasteiger partial charge in [-0.25, -0.2) is 10.4 Å². The summed E-state index contributed by atoms with van der Waals surface area (Å²) < 4.78 is 33.6. The second kappa shape index (κ2) is 21.0. The third kappa shape index (κ3) is 10.2. The fourth-order valence-electron chi connectivity index (χ4n) is 13.2. The van der Waals surface area contributed by atoms with Gasteiger partial charge in [0.2, 0.25) is 0 Å². The lowest BCUT2D eigenvalue weighted by Crippen LogP contribution is -2.64. The minimum Gasteiger partial charge on any atom is -0.464 e. The highest BCUT2D eigenvalue weighted by Gasteiger charge is 2.61. The minimum absolute atomic E-state index is 0.0139. The zero-order chi connectivity index (χ0) is 51.6. The van der Waals surface area contributed by atoms with Crippen molar-refractivity contribution in [1.82, 2.24) is 40.1 Å². The molecule has 0 spiro atoms. The number of anilines is 1. The molecule has 7 aliphatic heterocycles. The lowest BCUT2D eigenvalue weighted by Gasteiger charge is -2.41. The Labute approximate surface area is 445 Å². The largest absolute Gasteiger partial charge is 0.464 e. The Morgan fingerprint density at radius 3 is 2.49 bits per heavy atom. The average molecular weight is 1050 g/mol. The third-order valence-corrected chi connectivity index (χ3v) is 18.7. The monoisotopic (exact) mass is 1050 g/mol. The predicted octanol–water partition coefficient (Wildman–Crippen LogP) is 6.82. The number of fused-ring (bicyclic) bond motifs is 7. The highest BCUT2D eigenvalue weighted by molar-refractivity contribution is 7.10. The molecule has 3 aromatic heterocycles. The molecule has 17 nitrogen and oxygen atoms in total. The van der Waals surface area contributed by atoms with Crippen LogP contribution in [0.5, 0.6) is 0 Å². The van der Waals surface area contributed by atoms with Crippen LogP contribution in [0, 0.1) is 11.3 Å². The predicted molar refractivity (Wildman–Crippen MR) is 286 cm³/mol. The van der Waals surface area contributed by atoms with E-state index < -0.39 is 35.1 Å². The van der Waals surface area contributed by atoms with Gasteiger partial charge < -0.3 is 38.5 Å². The van der Waals surface area contributed by atoms with E-state index in [0.717, 1.165) is 126 Å². The number of carbonyl (C=O) groups excluding carboxylic acids is 3. The molecule has 6 saturated heterocycles. The number of aromatic nitrogens is 3. The molecule has 0 radical (unpaired) electrons. The summed E-state index contributed by atoms with van der Waals surface area (Å²) in [5, 5.41) is 8.78. The van der Waals surface area contributed by atoms with E-state index in [9.17, 15) is 9.59 Å². The van der Waals surface area contributed by atoms with Crippen molar-refractivity contribution in [3.05, 3.63) is 52.1 Å². The highest BCUT2D eigenvalue weighted by atomic mass is 32.1. The number of nitrogens with one attached hydrogen (secondary N) is 2. The molecule has 2 amide bonds. The van der Waals surface area contributed by atoms with Crippen molar-refractivity contribution >= 4 is 45.7 Å². The summed E-state index contributed by atoms with van der Waals surface area (Å²) in [7, 11) is 1.75. The van der Waals surface area contributed by atoms with Crippen LogP contribution >= 0.6 is 11.3 Å². The first-order valence-electron chi connectivity index (χ1n) is 28.1. The van der Waals surface area contributed by atoms with E-state index in [1.54, 1.807) is 12.1 Å². The maximum Gasteiger partial charge on any atom is 0.324 e. The van der Waals surface area contributed by atoms with E-state index in [2.05, 4.69) is 80.4 Å². The number of hydrogen-bond donors (Lipinski definition) is 2. The molecule has 1 unspecified atom stereocenters. The molecular formula is C57H77N9O8S. The van der Waals surface area contributed by atoms with Crippen LogP contribution in [-0.2, 0) is 51.0 Å². The minimum atomic E-state index is -0.994. The Morgan fingerprint density at radius 1 is 0.973 bits per heavy atom. The topological polar surface area (TPSA) is 165 Å². The number of ether oxygens (including phenoxy) is 5. The summed E-state index contributed by atoms with van der Waals surface area (Å²) >= 11 is 1.53. The number of esters is 1.